The third kappa shape index (κ3) is 3.91. The fourth-order valence-electron chi connectivity index (χ4n) is 2.39. The second-order valence-corrected chi connectivity index (χ2v) is 7.67. The smallest absolute Gasteiger partial charge is 0.261 e. The molecule has 2 aromatic carbocycles. The summed E-state index contributed by atoms with van der Waals surface area (Å²) in [5.41, 5.74) is 0.641. The predicted molar refractivity (Wildman–Crippen MR) is 97.0 cm³/mol. The van der Waals surface area contributed by atoms with Crippen molar-refractivity contribution in [1.82, 2.24) is 5.32 Å². The number of sulfonamides is 1. The lowest BCUT2D eigenvalue weighted by molar-refractivity contribution is 0.0939. The van der Waals surface area contributed by atoms with Crippen molar-refractivity contribution in [3.8, 4) is 11.5 Å². The fraction of sp³-hybridized carbons (Fsp3) is 0.278. The lowest BCUT2D eigenvalue weighted by Crippen LogP contribution is -2.32. The van der Waals surface area contributed by atoms with Gasteiger partial charge in [0.05, 0.1) is 10.6 Å². The Morgan fingerprint density at radius 2 is 1.92 bits per heavy atom. The van der Waals surface area contributed by atoms with Crippen LogP contribution in [0.1, 0.15) is 30.6 Å². The molecule has 0 radical (unpaired) electrons. The summed E-state index contributed by atoms with van der Waals surface area (Å²) in [4.78, 5) is 12.2. The molecular weight excluding hydrogens is 356 g/mol. The van der Waals surface area contributed by atoms with Crippen molar-refractivity contribution in [2.75, 3.05) is 11.5 Å². The van der Waals surface area contributed by atoms with Crippen LogP contribution in [0.2, 0.25) is 0 Å². The number of fused-ring (bicyclic) bond motifs is 1. The van der Waals surface area contributed by atoms with Gasteiger partial charge in [0.1, 0.15) is 0 Å². The molecule has 0 fully saturated rings. The Hall–Kier alpha value is -2.74. The Balaban J connectivity index is 1.81. The first-order valence-electron chi connectivity index (χ1n) is 8.22. The molecule has 138 valence electrons. The molecule has 1 atom stereocenters. The summed E-state index contributed by atoms with van der Waals surface area (Å²) < 4.78 is 38.2. The monoisotopic (exact) mass is 376 g/mol. The highest BCUT2D eigenvalue weighted by molar-refractivity contribution is 7.92. The molecule has 26 heavy (non-hydrogen) atoms. The minimum Gasteiger partial charge on any atom is -0.454 e. The van der Waals surface area contributed by atoms with Crippen molar-refractivity contribution in [1.29, 1.82) is 0 Å². The van der Waals surface area contributed by atoms with Crippen LogP contribution >= 0.6 is 0 Å². The van der Waals surface area contributed by atoms with Crippen LogP contribution in [0.25, 0.3) is 0 Å². The Morgan fingerprint density at radius 3 is 2.69 bits per heavy atom. The number of amides is 1. The number of hydrogen-bond acceptors (Lipinski definition) is 5. The summed E-state index contributed by atoms with van der Waals surface area (Å²) in [5.74, 6) is 0.739. The molecule has 0 spiro atoms. The normalized spacial score (nSPS) is 13.9. The number of anilines is 1. The van der Waals surface area contributed by atoms with Crippen molar-refractivity contribution in [2.24, 2.45) is 0 Å². The SMILES string of the molecule is CCC(C)NC(=O)c1cccc(S(=O)(=O)Nc2ccc3c(c2)OCO3)c1. The van der Waals surface area contributed by atoms with Gasteiger partial charge in [0, 0.05) is 17.7 Å². The molecule has 7 nitrogen and oxygen atoms in total. The van der Waals surface area contributed by atoms with Crippen molar-refractivity contribution < 1.29 is 22.7 Å². The second kappa shape index (κ2) is 7.25. The maximum atomic E-state index is 12.6. The van der Waals surface area contributed by atoms with Gasteiger partial charge >= 0.3 is 0 Å². The number of carbonyl (C=O) groups is 1. The third-order valence-corrected chi connectivity index (χ3v) is 5.40. The maximum absolute atomic E-state index is 12.6. The van der Waals surface area contributed by atoms with Gasteiger partial charge in [-0.3, -0.25) is 9.52 Å². The van der Waals surface area contributed by atoms with E-state index in [0.29, 0.717) is 22.7 Å². The highest BCUT2D eigenvalue weighted by Crippen LogP contribution is 2.34. The molecule has 0 aliphatic carbocycles. The topological polar surface area (TPSA) is 93.7 Å². The summed E-state index contributed by atoms with van der Waals surface area (Å²) >= 11 is 0. The fourth-order valence-corrected chi connectivity index (χ4v) is 3.48. The minimum atomic E-state index is -3.85. The number of rotatable bonds is 6. The molecule has 1 aliphatic heterocycles. The molecule has 8 heteroatoms. The number of hydrogen-bond donors (Lipinski definition) is 2. The Bertz CT molecular complexity index is 927. The zero-order valence-corrected chi connectivity index (χ0v) is 15.3. The Labute approximate surface area is 152 Å². The van der Waals surface area contributed by atoms with E-state index in [1.54, 1.807) is 30.3 Å². The summed E-state index contributed by atoms with van der Waals surface area (Å²) in [6.45, 7) is 3.96. The summed E-state index contributed by atoms with van der Waals surface area (Å²) in [7, 11) is -3.85. The molecule has 0 bridgehead atoms. The van der Waals surface area contributed by atoms with Crippen LogP contribution in [-0.4, -0.2) is 27.2 Å². The average molecular weight is 376 g/mol. The lowest BCUT2D eigenvalue weighted by atomic mass is 10.2. The van der Waals surface area contributed by atoms with Gasteiger partial charge in [-0.2, -0.15) is 0 Å². The largest absolute Gasteiger partial charge is 0.454 e. The van der Waals surface area contributed by atoms with Gasteiger partial charge in [-0.1, -0.05) is 13.0 Å². The highest BCUT2D eigenvalue weighted by atomic mass is 32.2. The summed E-state index contributed by atoms with van der Waals surface area (Å²) in [5, 5.41) is 2.82. The molecule has 0 saturated heterocycles. The molecular formula is C18H20N2O5S. The first-order chi connectivity index (χ1) is 12.4. The summed E-state index contributed by atoms with van der Waals surface area (Å²) in [6, 6.07) is 10.7. The molecule has 1 aliphatic rings. The van der Waals surface area contributed by atoms with Gasteiger partial charge in [0.2, 0.25) is 6.79 Å². The van der Waals surface area contributed by atoms with E-state index < -0.39 is 10.0 Å². The lowest BCUT2D eigenvalue weighted by Gasteiger charge is -2.13. The molecule has 2 N–H and O–H groups in total. The molecule has 1 unspecified atom stereocenters. The van der Waals surface area contributed by atoms with E-state index in [4.69, 9.17) is 9.47 Å². The van der Waals surface area contributed by atoms with Crippen LogP contribution < -0.4 is 19.5 Å². The van der Waals surface area contributed by atoms with Gasteiger partial charge in [-0.05, 0) is 43.7 Å². The number of carbonyl (C=O) groups excluding carboxylic acids is 1. The molecule has 0 saturated carbocycles. The van der Waals surface area contributed by atoms with E-state index >= 15 is 0 Å². The molecule has 0 aromatic heterocycles. The van der Waals surface area contributed by atoms with Gasteiger partial charge in [-0.25, -0.2) is 8.42 Å². The average Bonchev–Trinajstić information content (AvgIpc) is 3.09. The van der Waals surface area contributed by atoms with E-state index in [9.17, 15) is 13.2 Å². The predicted octanol–water partition coefficient (Wildman–Crippen LogP) is 2.74. The van der Waals surface area contributed by atoms with Gasteiger partial charge in [-0.15, -0.1) is 0 Å². The van der Waals surface area contributed by atoms with Crippen LogP contribution in [0, 0.1) is 0 Å². The zero-order chi connectivity index (χ0) is 18.7. The minimum absolute atomic E-state index is 0.00645. The first kappa shape index (κ1) is 18.1. The van der Waals surface area contributed by atoms with Crippen molar-refractivity contribution in [3.05, 3.63) is 48.0 Å². The Morgan fingerprint density at radius 1 is 1.15 bits per heavy atom. The highest BCUT2D eigenvalue weighted by Gasteiger charge is 2.19. The van der Waals surface area contributed by atoms with E-state index in [2.05, 4.69) is 10.0 Å². The van der Waals surface area contributed by atoms with Crippen molar-refractivity contribution in [2.45, 2.75) is 31.2 Å². The zero-order valence-electron chi connectivity index (χ0n) is 14.5. The van der Waals surface area contributed by atoms with Crippen LogP contribution in [-0.2, 0) is 10.0 Å². The standard InChI is InChI=1S/C18H20N2O5S/c1-3-12(2)19-18(21)13-5-4-6-15(9-13)26(22,23)20-14-7-8-16-17(10-14)25-11-24-16/h4-10,12,20H,3,11H2,1-2H3,(H,19,21). The Kier molecular flexibility index (Phi) is 5.03. The molecule has 2 aromatic rings. The van der Waals surface area contributed by atoms with E-state index in [1.807, 2.05) is 13.8 Å². The number of benzene rings is 2. The molecule has 1 heterocycles. The van der Waals surface area contributed by atoms with Gasteiger partial charge in [0.15, 0.2) is 11.5 Å². The van der Waals surface area contributed by atoms with E-state index in [-0.39, 0.29) is 23.6 Å². The van der Waals surface area contributed by atoms with Gasteiger partial charge in [0.25, 0.3) is 15.9 Å². The molecule has 1 amide bonds. The van der Waals surface area contributed by atoms with Crippen molar-refractivity contribution in [3.63, 3.8) is 0 Å². The third-order valence-electron chi connectivity index (χ3n) is 4.02. The number of ether oxygens (including phenoxy) is 2. The van der Waals surface area contributed by atoms with Crippen molar-refractivity contribution >= 4 is 21.6 Å². The van der Waals surface area contributed by atoms with Crippen LogP contribution in [0.5, 0.6) is 11.5 Å². The van der Waals surface area contributed by atoms with Crippen LogP contribution in [0.15, 0.2) is 47.4 Å². The quantitative estimate of drug-likeness (QED) is 0.808. The molecule has 3 rings (SSSR count). The maximum Gasteiger partial charge on any atom is 0.261 e. The van der Waals surface area contributed by atoms with E-state index in [1.165, 1.54) is 12.1 Å². The van der Waals surface area contributed by atoms with Crippen LogP contribution in [0.4, 0.5) is 5.69 Å². The van der Waals surface area contributed by atoms with E-state index in [0.717, 1.165) is 6.42 Å². The first-order valence-corrected chi connectivity index (χ1v) is 9.71. The number of nitrogens with one attached hydrogen (secondary N) is 2. The second-order valence-electron chi connectivity index (χ2n) is 5.98. The van der Waals surface area contributed by atoms with Crippen LogP contribution in [0.3, 0.4) is 0 Å². The summed E-state index contributed by atoms with van der Waals surface area (Å²) in [6.07, 6.45) is 0.787. The van der Waals surface area contributed by atoms with Gasteiger partial charge < -0.3 is 14.8 Å².